The number of carboxylic acid groups (broad SMARTS) is 1. The highest BCUT2D eigenvalue weighted by molar-refractivity contribution is 7.16. The number of aryl methyl sites for hydroxylation is 1. The van der Waals surface area contributed by atoms with Crippen LogP contribution in [0.15, 0.2) is 24.3 Å². The molecule has 0 saturated heterocycles. The van der Waals surface area contributed by atoms with Crippen molar-refractivity contribution < 1.29 is 14.6 Å². The Hall–Kier alpha value is -1.34. The monoisotopic (exact) mass is 252 g/mol. The maximum absolute atomic E-state index is 10.4. The second-order valence-electron chi connectivity index (χ2n) is 3.64. The van der Waals surface area contributed by atoms with Crippen LogP contribution in [0.3, 0.4) is 0 Å². The van der Waals surface area contributed by atoms with Crippen molar-refractivity contribution >= 4 is 21.3 Å². The number of carbonyl (C=O) groups is 1. The molecule has 0 aliphatic rings. The molecular weight excluding hydrogens is 235 g/mol. The molecule has 0 radical (unpaired) electrons. The summed E-state index contributed by atoms with van der Waals surface area (Å²) in [5.74, 6) is -0.132. The lowest BCUT2D eigenvalue weighted by Gasteiger charge is -2.08. The van der Waals surface area contributed by atoms with Crippen LogP contribution in [0.4, 0.5) is 0 Å². The van der Waals surface area contributed by atoms with E-state index in [1.165, 1.54) is 0 Å². The van der Waals surface area contributed by atoms with E-state index in [4.69, 9.17) is 9.84 Å². The fraction of sp³-hybridized carbons (Fsp3) is 0.308. The van der Waals surface area contributed by atoms with Crippen molar-refractivity contribution in [2.45, 2.75) is 12.8 Å². The van der Waals surface area contributed by atoms with Gasteiger partial charge in [0.2, 0.25) is 0 Å². The van der Waals surface area contributed by atoms with Gasteiger partial charge in [-0.05, 0) is 42.3 Å². The van der Waals surface area contributed by atoms with Gasteiger partial charge in [-0.2, -0.15) is 0 Å². The van der Waals surface area contributed by atoms with Gasteiger partial charge in [0.25, 0.3) is 0 Å². The van der Waals surface area contributed by atoms with Crippen molar-refractivity contribution in [1.82, 2.24) is 0 Å². The molecule has 0 saturated carbocycles. The van der Waals surface area contributed by atoms with Gasteiger partial charge in [0, 0.05) is 6.08 Å². The van der Waals surface area contributed by atoms with Gasteiger partial charge in [-0.3, -0.25) is 0 Å². The maximum Gasteiger partial charge on any atom is 0.328 e. The third-order valence-corrected chi connectivity index (χ3v) is 2.79. The van der Waals surface area contributed by atoms with Crippen LogP contribution in [-0.4, -0.2) is 24.3 Å². The average Bonchev–Trinajstić information content (AvgIpc) is 2.34. The average molecular weight is 252 g/mol. The maximum atomic E-state index is 10.4. The van der Waals surface area contributed by atoms with E-state index in [0.29, 0.717) is 0 Å². The van der Waals surface area contributed by atoms with Crippen LogP contribution >= 0.6 is 9.24 Å². The molecule has 0 amide bonds. The first-order valence-corrected chi connectivity index (χ1v) is 6.27. The van der Waals surface area contributed by atoms with Gasteiger partial charge in [0.1, 0.15) is 5.75 Å². The molecule has 1 rings (SSSR count). The summed E-state index contributed by atoms with van der Waals surface area (Å²) in [6.07, 6.45) is 5.80. The minimum absolute atomic E-state index is 0.816. The van der Waals surface area contributed by atoms with Gasteiger partial charge in [-0.15, -0.1) is 9.24 Å². The molecule has 17 heavy (non-hydrogen) atoms. The Balaban J connectivity index is 2.87. The van der Waals surface area contributed by atoms with Gasteiger partial charge in [0.15, 0.2) is 0 Å². The van der Waals surface area contributed by atoms with E-state index in [2.05, 4.69) is 9.24 Å². The Morgan fingerprint density at radius 3 is 2.88 bits per heavy atom. The molecule has 1 unspecified atom stereocenters. The summed E-state index contributed by atoms with van der Waals surface area (Å²) in [6, 6.07) is 5.75. The van der Waals surface area contributed by atoms with E-state index in [9.17, 15) is 4.79 Å². The fourth-order valence-electron chi connectivity index (χ4n) is 1.53. The summed E-state index contributed by atoms with van der Waals surface area (Å²) < 4.78 is 5.30. The van der Waals surface area contributed by atoms with Gasteiger partial charge in [0.05, 0.1) is 7.11 Å². The number of methoxy groups -OCH3 is 1. The molecule has 0 aromatic heterocycles. The van der Waals surface area contributed by atoms with Crippen molar-refractivity contribution in [2.75, 3.05) is 13.3 Å². The van der Waals surface area contributed by atoms with Crippen LogP contribution in [0.5, 0.6) is 5.75 Å². The smallest absolute Gasteiger partial charge is 0.328 e. The molecular formula is C13H17O3P. The molecule has 0 spiro atoms. The molecule has 0 aliphatic heterocycles. The highest BCUT2D eigenvalue weighted by Gasteiger charge is 2.03. The van der Waals surface area contributed by atoms with Crippen LogP contribution in [0.2, 0.25) is 0 Å². The summed E-state index contributed by atoms with van der Waals surface area (Å²) in [5.41, 5.74) is 1.99. The first-order chi connectivity index (χ1) is 8.17. The van der Waals surface area contributed by atoms with Crippen molar-refractivity contribution in [1.29, 1.82) is 0 Å². The van der Waals surface area contributed by atoms with Gasteiger partial charge in [-0.1, -0.05) is 12.1 Å². The third kappa shape index (κ3) is 4.58. The number of benzene rings is 1. The highest BCUT2D eigenvalue weighted by Crippen LogP contribution is 2.22. The normalized spacial score (nSPS) is 10.7. The van der Waals surface area contributed by atoms with Crippen LogP contribution in [0.25, 0.3) is 6.08 Å². The minimum atomic E-state index is -0.948. The molecule has 1 aromatic carbocycles. The lowest BCUT2D eigenvalue weighted by atomic mass is 10.1. The molecule has 0 aliphatic carbocycles. The number of aliphatic carboxylic acids is 1. The Morgan fingerprint density at radius 1 is 1.53 bits per heavy atom. The van der Waals surface area contributed by atoms with Crippen molar-refractivity contribution in [3.05, 3.63) is 35.4 Å². The topological polar surface area (TPSA) is 46.5 Å². The molecule has 4 heteroatoms. The van der Waals surface area contributed by atoms with Gasteiger partial charge < -0.3 is 9.84 Å². The summed E-state index contributed by atoms with van der Waals surface area (Å²) in [7, 11) is 4.33. The van der Waals surface area contributed by atoms with E-state index in [0.717, 1.165) is 42.0 Å². The first kappa shape index (κ1) is 13.7. The summed E-state index contributed by atoms with van der Waals surface area (Å²) in [6.45, 7) is 0. The van der Waals surface area contributed by atoms with Gasteiger partial charge >= 0.3 is 5.97 Å². The van der Waals surface area contributed by atoms with Crippen LogP contribution in [-0.2, 0) is 11.2 Å². The second-order valence-corrected chi connectivity index (χ2v) is 4.21. The molecule has 1 N–H and O–H groups in total. The van der Waals surface area contributed by atoms with E-state index in [-0.39, 0.29) is 0 Å². The van der Waals surface area contributed by atoms with Crippen molar-refractivity contribution in [3.8, 4) is 5.75 Å². The third-order valence-electron chi connectivity index (χ3n) is 2.38. The first-order valence-electron chi connectivity index (χ1n) is 5.45. The number of hydrogen-bond acceptors (Lipinski definition) is 2. The molecule has 0 fully saturated rings. The zero-order chi connectivity index (χ0) is 12.7. The Labute approximate surface area is 104 Å². The van der Waals surface area contributed by atoms with E-state index in [1.54, 1.807) is 13.2 Å². The second kappa shape index (κ2) is 7.08. The highest BCUT2D eigenvalue weighted by atomic mass is 31.0. The predicted octanol–water partition coefficient (Wildman–Crippen LogP) is 2.60. The molecule has 0 heterocycles. The predicted molar refractivity (Wildman–Crippen MR) is 72.6 cm³/mol. The molecule has 92 valence electrons. The molecule has 1 aromatic rings. The van der Waals surface area contributed by atoms with Gasteiger partial charge in [-0.25, -0.2) is 4.79 Å². The summed E-state index contributed by atoms with van der Waals surface area (Å²) in [4.78, 5) is 10.4. The number of ether oxygens (including phenoxy) is 1. The Bertz CT molecular complexity index is 413. The van der Waals surface area contributed by atoms with Crippen LogP contribution < -0.4 is 4.74 Å². The van der Waals surface area contributed by atoms with Crippen molar-refractivity contribution in [2.24, 2.45) is 0 Å². The molecule has 1 atom stereocenters. The van der Waals surface area contributed by atoms with Crippen LogP contribution in [0, 0.1) is 0 Å². The Kier molecular flexibility index (Phi) is 5.71. The minimum Gasteiger partial charge on any atom is -0.496 e. The lowest BCUT2D eigenvalue weighted by Crippen LogP contribution is -1.94. The van der Waals surface area contributed by atoms with E-state index >= 15 is 0 Å². The van der Waals surface area contributed by atoms with E-state index < -0.39 is 5.97 Å². The standard InChI is InChI=1S/C13H17O3P/c1-16-12-9-10(5-7-13(14)15)4-6-11(12)3-2-8-17/h4-7,9H,2-3,8,17H2,1H3,(H,14,15)/b7-5+. The van der Waals surface area contributed by atoms with Crippen molar-refractivity contribution in [3.63, 3.8) is 0 Å². The SMILES string of the molecule is COc1cc(/C=C/C(=O)O)ccc1CCCP. The van der Waals surface area contributed by atoms with E-state index in [1.807, 2.05) is 18.2 Å². The fourth-order valence-corrected chi connectivity index (χ4v) is 1.74. The largest absolute Gasteiger partial charge is 0.496 e. The number of rotatable bonds is 6. The summed E-state index contributed by atoms with van der Waals surface area (Å²) >= 11 is 0. The zero-order valence-electron chi connectivity index (χ0n) is 9.85. The molecule has 0 bridgehead atoms. The molecule has 3 nitrogen and oxygen atoms in total. The lowest BCUT2D eigenvalue weighted by molar-refractivity contribution is -0.131. The number of hydrogen-bond donors (Lipinski definition) is 1. The summed E-state index contributed by atoms with van der Waals surface area (Å²) in [5, 5.41) is 8.55. The zero-order valence-corrected chi connectivity index (χ0v) is 11.0. The quantitative estimate of drug-likeness (QED) is 0.625. The van der Waals surface area contributed by atoms with Crippen LogP contribution in [0.1, 0.15) is 17.5 Å². The Morgan fingerprint density at radius 2 is 2.29 bits per heavy atom. The number of carboxylic acids is 1.